The van der Waals surface area contributed by atoms with Crippen LogP contribution >= 0.6 is 0 Å². The predicted octanol–water partition coefficient (Wildman–Crippen LogP) is 2.94. The van der Waals surface area contributed by atoms with Crippen molar-refractivity contribution < 1.29 is 19.7 Å². The van der Waals surface area contributed by atoms with Crippen LogP contribution in [-0.2, 0) is 10.4 Å². The SMILES string of the molecule is CCCC(C(=O)O)C1(O)CC(C)(C)Oc2ccccc21. The number of carbonyl (C=O) groups is 1. The molecule has 0 aromatic heterocycles. The molecule has 0 aliphatic carbocycles. The molecule has 0 fully saturated rings. The van der Waals surface area contributed by atoms with Gasteiger partial charge in [-0.25, -0.2) is 0 Å². The summed E-state index contributed by atoms with van der Waals surface area (Å²) in [6, 6.07) is 7.18. The van der Waals surface area contributed by atoms with Crippen LogP contribution in [0.2, 0.25) is 0 Å². The van der Waals surface area contributed by atoms with Crippen molar-refractivity contribution in [2.24, 2.45) is 5.92 Å². The monoisotopic (exact) mass is 278 g/mol. The lowest BCUT2D eigenvalue weighted by atomic mass is 9.71. The molecule has 0 saturated carbocycles. The Hall–Kier alpha value is -1.55. The van der Waals surface area contributed by atoms with E-state index < -0.39 is 23.1 Å². The van der Waals surface area contributed by atoms with Gasteiger partial charge in [-0.1, -0.05) is 31.5 Å². The minimum absolute atomic E-state index is 0.272. The highest BCUT2D eigenvalue weighted by Gasteiger charge is 2.51. The van der Waals surface area contributed by atoms with E-state index in [0.29, 0.717) is 24.2 Å². The number of rotatable bonds is 4. The van der Waals surface area contributed by atoms with E-state index in [2.05, 4.69) is 0 Å². The van der Waals surface area contributed by atoms with E-state index in [1.807, 2.05) is 26.8 Å². The summed E-state index contributed by atoms with van der Waals surface area (Å²) >= 11 is 0. The molecule has 2 atom stereocenters. The Labute approximate surface area is 119 Å². The molecule has 0 bridgehead atoms. The van der Waals surface area contributed by atoms with Gasteiger partial charge < -0.3 is 14.9 Å². The van der Waals surface area contributed by atoms with Crippen molar-refractivity contribution in [2.75, 3.05) is 0 Å². The van der Waals surface area contributed by atoms with Crippen molar-refractivity contribution >= 4 is 5.97 Å². The highest BCUT2D eigenvalue weighted by atomic mass is 16.5. The van der Waals surface area contributed by atoms with Crippen LogP contribution in [0.5, 0.6) is 5.75 Å². The minimum atomic E-state index is -1.39. The maximum atomic E-state index is 11.6. The van der Waals surface area contributed by atoms with Crippen molar-refractivity contribution in [3.63, 3.8) is 0 Å². The van der Waals surface area contributed by atoms with Gasteiger partial charge in [0.1, 0.15) is 17.0 Å². The second-order valence-electron chi connectivity index (χ2n) is 6.14. The molecule has 20 heavy (non-hydrogen) atoms. The summed E-state index contributed by atoms with van der Waals surface area (Å²) in [5.74, 6) is -1.20. The summed E-state index contributed by atoms with van der Waals surface area (Å²) in [4.78, 5) is 11.6. The first-order valence-corrected chi connectivity index (χ1v) is 7.04. The molecular weight excluding hydrogens is 256 g/mol. The molecule has 2 unspecified atom stereocenters. The third-order valence-corrected chi connectivity index (χ3v) is 3.89. The number of fused-ring (bicyclic) bond motifs is 1. The number of hydrogen-bond donors (Lipinski definition) is 2. The molecule has 1 heterocycles. The van der Waals surface area contributed by atoms with Crippen LogP contribution in [-0.4, -0.2) is 21.8 Å². The van der Waals surface area contributed by atoms with E-state index in [0.717, 1.165) is 0 Å². The third-order valence-electron chi connectivity index (χ3n) is 3.89. The maximum absolute atomic E-state index is 11.6. The lowest BCUT2D eigenvalue weighted by molar-refractivity contribution is -0.161. The lowest BCUT2D eigenvalue weighted by Gasteiger charge is -2.45. The smallest absolute Gasteiger partial charge is 0.309 e. The van der Waals surface area contributed by atoms with Crippen LogP contribution in [0.15, 0.2) is 24.3 Å². The Morgan fingerprint density at radius 2 is 2.05 bits per heavy atom. The van der Waals surface area contributed by atoms with E-state index in [1.165, 1.54) is 0 Å². The van der Waals surface area contributed by atoms with E-state index in [9.17, 15) is 15.0 Å². The van der Waals surface area contributed by atoms with Gasteiger partial charge in [-0.2, -0.15) is 0 Å². The molecule has 2 rings (SSSR count). The van der Waals surface area contributed by atoms with Crippen LogP contribution in [0.25, 0.3) is 0 Å². The summed E-state index contributed by atoms with van der Waals surface area (Å²) in [5.41, 5.74) is -1.40. The molecule has 0 amide bonds. The largest absolute Gasteiger partial charge is 0.487 e. The molecule has 1 aromatic carbocycles. The zero-order valence-corrected chi connectivity index (χ0v) is 12.2. The van der Waals surface area contributed by atoms with Crippen LogP contribution in [0.4, 0.5) is 0 Å². The highest BCUT2D eigenvalue weighted by molar-refractivity contribution is 5.72. The molecule has 110 valence electrons. The van der Waals surface area contributed by atoms with Crippen LogP contribution < -0.4 is 4.74 Å². The van der Waals surface area contributed by atoms with Gasteiger partial charge in [-0.3, -0.25) is 4.79 Å². The quantitative estimate of drug-likeness (QED) is 0.888. The molecule has 0 saturated heterocycles. The number of aliphatic carboxylic acids is 1. The fourth-order valence-corrected chi connectivity index (χ4v) is 3.16. The van der Waals surface area contributed by atoms with Crippen molar-refractivity contribution in [3.8, 4) is 5.75 Å². The maximum Gasteiger partial charge on any atom is 0.309 e. The number of carboxylic acids is 1. The highest BCUT2D eigenvalue weighted by Crippen LogP contribution is 2.48. The fraction of sp³-hybridized carbons (Fsp3) is 0.562. The van der Waals surface area contributed by atoms with Crippen molar-refractivity contribution in [1.82, 2.24) is 0 Å². The second-order valence-corrected chi connectivity index (χ2v) is 6.14. The topological polar surface area (TPSA) is 66.8 Å². The van der Waals surface area contributed by atoms with Gasteiger partial charge in [-0.15, -0.1) is 0 Å². The van der Waals surface area contributed by atoms with E-state index in [4.69, 9.17) is 4.74 Å². The summed E-state index contributed by atoms with van der Waals surface area (Å²) in [6.45, 7) is 5.67. The first-order chi connectivity index (χ1) is 9.30. The van der Waals surface area contributed by atoms with Gasteiger partial charge in [0.25, 0.3) is 0 Å². The number of aliphatic hydroxyl groups is 1. The van der Waals surface area contributed by atoms with Gasteiger partial charge in [0.2, 0.25) is 0 Å². The molecule has 0 radical (unpaired) electrons. The number of carboxylic acid groups (broad SMARTS) is 1. The number of hydrogen-bond acceptors (Lipinski definition) is 3. The summed E-state index contributed by atoms with van der Waals surface area (Å²) in [5, 5.41) is 20.7. The zero-order chi connectivity index (χ0) is 15.0. The van der Waals surface area contributed by atoms with Crippen molar-refractivity contribution in [3.05, 3.63) is 29.8 Å². The Balaban J connectivity index is 2.55. The number of para-hydroxylation sites is 1. The lowest BCUT2D eigenvalue weighted by Crippen LogP contribution is -2.50. The first-order valence-electron chi connectivity index (χ1n) is 7.04. The van der Waals surface area contributed by atoms with Crippen LogP contribution in [0.1, 0.15) is 45.6 Å². The summed E-state index contributed by atoms with van der Waals surface area (Å²) in [7, 11) is 0. The first kappa shape index (κ1) is 14.9. The van der Waals surface area contributed by atoms with E-state index in [-0.39, 0.29) is 6.42 Å². The Morgan fingerprint density at radius 3 is 2.65 bits per heavy atom. The van der Waals surface area contributed by atoms with E-state index in [1.54, 1.807) is 18.2 Å². The van der Waals surface area contributed by atoms with Gasteiger partial charge in [-0.05, 0) is 26.3 Å². The van der Waals surface area contributed by atoms with Gasteiger partial charge in [0.15, 0.2) is 0 Å². The van der Waals surface area contributed by atoms with Gasteiger partial charge in [0.05, 0.1) is 5.92 Å². The molecule has 1 aromatic rings. The molecule has 1 aliphatic rings. The average Bonchev–Trinajstić information content (AvgIpc) is 2.34. The Bertz CT molecular complexity index is 509. The van der Waals surface area contributed by atoms with Crippen LogP contribution in [0.3, 0.4) is 0 Å². The number of benzene rings is 1. The molecule has 0 spiro atoms. The Morgan fingerprint density at radius 1 is 1.40 bits per heavy atom. The van der Waals surface area contributed by atoms with Gasteiger partial charge in [0, 0.05) is 12.0 Å². The summed E-state index contributed by atoms with van der Waals surface area (Å²) in [6.07, 6.45) is 1.42. The predicted molar refractivity (Wildman–Crippen MR) is 75.7 cm³/mol. The normalized spacial score (nSPS) is 25.4. The van der Waals surface area contributed by atoms with Gasteiger partial charge >= 0.3 is 5.97 Å². The molecule has 2 N–H and O–H groups in total. The molecule has 1 aliphatic heterocycles. The zero-order valence-electron chi connectivity index (χ0n) is 12.2. The van der Waals surface area contributed by atoms with Crippen molar-refractivity contribution in [2.45, 2.75) is 51.2 Å². The number of ether oxygens (including phenoxy) is 1. The standard InChI is InChI=1S/C16H22O4/c1-4-7-12(14(17)18)16(19)10-15(2,3)20-13-9-6-5-8-11(13)16/h5-6,8-9,12,19H,4,7,10H2,1-3H3,(H,17,18). The third kappa shape index (κ3) is 2.52. The average molecular weight is 278 g/mol. The molecular formula is C16H22O4. The molecule has 4 heteroatoms. The van der Waals surface area contributed by atoms with Crippen molar-refractivity contribution in [1.29, 1.82) is 0 Å². The molecule has 4 nitrogen and oxygen atoms in total. The summed E-state index contributed by atoms with van der Waals surface area (Å²) < 4.78 is 5.87. The van der Waals surface area contributed by atoms with E-state index >= 15 is 0 Å². The second kappa shape index (κ2) is 5.09. The van der Waals surface area contributed by atoms with Crippen LogP contribution in [0, 0.1) is 5.92 Å². The minimum Gasteiger partial charge on any atom is -0.487 e. The Kier molecular flexibility index (Phi) is 3.78. The fourth-order valence-electron chi connectivity index (χ4n) is 3.16.